The van der Waals surface area contributed by atoms with E-state index in [1.54, 1.807) is 0 Å². The number of nitrogen functional groups attached to an aromatic ring is 1. The second-order valence-electron chi connectivity index (χ2n) is 3.63. The number of ether oxygens (including phenoxy) is 1. The van der Waals surface area contributed by atoms with E-state index < -0.39 is 18.0 Å². The van der Waals surface area contributed by atoms with E-state index in [2.05, 4.69) is 0 Å². The van der Waals surface area contributed by atoms with Gasteiger partial charge in [-0.05, 0) is 19.1 Å². The van der Waals surface area contributed by atoms with Crippen molar-refractivity contribution in [1.29, 1.82) is 0 Å². The van der Waals surface area contributed by atoms with Crippen molar-refractivity contribution in [2.75, 3.05) is 18.9 Å². The molecule has 1 unspecified atom stereocenters. The molecule has 0 saturated carbocycles. The van der Waals surface area contributed by atoms with E-state index in [1.165, 1.54) is 19.1 Å². The van der Waals surface area contributed by atoms with Gasteiger partial charge in [0.05, 0.1) is 12.3 Å². The summed E-state index contributed by atoms with van der Waals surface area (Å²) in [6, 6.07) is 3.99. The van der Waals surface area contributed by atoms with Crippen LogP contribution in [0.1, 0.15) is 6.92 Å². The average molecular weight is 215 g/mol. The van der Waals surface area contributed by atoms with Crippen LogP contribution in [0.3, 0.4) is 0 Å². The number of rotatable bonds is 4. The van der Waals surface area contributed by atoms with Crippen molar-refractivity contribution in [3.8, 4) is 5.75 Å². The van der Waals surface area contributed by atoms with Gasteiger partial charge in [-0.3, -0.25) is 0 Å². The van der Waals surface area contributed by atoms with Crippen LogP contribution in [-0.4, -0.2) is 29.0 Å². The normalized spacial score (nSPS) is 14.7. The Hall–Kier alpha value is -1.33. The van der Waals surface area contributed by atoms with Gasteiger partial charge in [0.15, 0.2) is 0 Å². The van der Waals surface area contributed by atoms with Crippen LogP contribution < -0.4 is 10.5 Å². The zero-order chi connectivity index (χ0) is 11.5. The van der Waals surface area contributed by atoms with E-state index in [1.807, 2.05) is 0 Å². The monoisotopic (exact) mass is 215 g/mol. The Labute approximate surface area is 87.1 Å². The molecule has 1 atom stereocenters. The Kier molecular flexibility index (Phi) is 3.49. The summed E-state index contributed by atoms with van der Waals surface area (Å²) in [6.07, 6.45) is 0. The molecule has 1 aromatic carbocycles. The highest BCUT2D eigenvalue weighted by Crippen LogP contribution is 2.18. The Morgan fingerprint density at radius 1 is 1.53 bits per heavy atom. The molecular weight excluding hydrogens is 201 g/mol. The number of hydrogen-bond acceptors (Lipinski definition) is 4. The quantitative estimate of drug-likeness (QED) is 0.640. The summed E-state index contributed by atoms with van der Waals surface area (Å²) in [5, 5.41) is 18.2. The van der Waals surface area contributed by atoms with Crippen LogP contribution >= 0.6 is 0 Å². The number of anilines is 1. The first-order valence-corrected chi connectivity index (χ1v) is 4.46. The molecule has 0 aliphatic carbocycles. The smallest absolute Gasteiger partial charge is 0.149 e. The fourth-order valence-electron chi connectivity index (χ4n) is 0.882. The minimum atomic E-state index is -1.34. The molecular formula is C10H14FNO3. The molecule has 84 valence electrons. The second kappa shape index (κ2) is 4.46. The van der Waals surface area contributed by atoms with Gasteiger partial charge < -0.3 is 20.7 Å². The molecule has 1 rings (SSSR count). The highest BCUT2D eigenvalue weighted by atomic mass is 19.1. The summed E-state index contributed by atoms with van der Waals surface area (Å²) < 4.78 is 18.1. The molecule has 15 heavy (non-hydrogen) atoms. The second-order valence-corrected chi connectivity index (χ2v) is 3.63. The van der Waals surface area contributed by atoms with Crippen molar-refractivity contribution in [3.63, 3.8) is 0 Å². The van der Waals surface area contributed by atoms with Crippen molar-refractivity contribution in [2.45, 2.75) is 12.5 Å². The number of aliphatic hydroxyl groups is 2. The Balaban J connectivity index is 2.62. The maximum Gasteiger partial charge on any atom is 0.149 e. The molecule has 0 heterocycles. The van der Waals surface area contributed by atoms with E-state index in [9.17, 15) is 9.50 Å². The van der Waals surface area contributed by atoms with Gasteiger partial charge >= 0.3 is 0 Å². The van der Waals surface area contributed by atoms with Gasteiger partial charge in [-0.2, -0.15) is 0 Å². The zero-order valence-corrected chi connectivity index (χ0v) is 8.40. The van der Waals surface area contributed by atoms with Crippen molar-refractivity contribution in [2.24, 2.45) is 0 Å². The first-order valence-electron chi connectivity index (χ1n) is 4.46. The molecule has 0 radical (unpaired) electrons. The fraction of sp³-hybridized carbons (Fsp3) is 0.400. The van der Waals surface area contributed by atoms with Gasteiger partial charge in [0.2, 0.25) is 0 Å². The van der Waals surface area contributed by atoms with E-state index >= 15 is 0 Å². The predicted octanol–water partition coefficient (Wildman–Crippen LogP) is 0.530. The number of benzene rings is 1. The molecule has 0 spiro atoms. The van der Waals surface area contributed by atoms with Crippen LogP contribution in [0.5, 0.6) is 5.75 Å². The molecule has 5 heteroatoms. The number of nitrogens with two attached hydrogens (primary N) is 1. The summed E-state index contributed by atoms with van der Waals surface area (Å²) in [4.78, 5) is 0. The number of halogens is 1. The molecule has 0 aliphatic heterocycles. The first-order chi connectivity index (χ1) is 6.94. The third-order valence-corrected chi connectivity index (χ3v) is 1.86. The SMILES string of the molecule is CC(O)(CO)COc1ccc(N)c(F)c1. The highest BCUT2D eigenvalue weighted by Gasteiger charge is 2.19. The largest absolute Gasteiger partial charge is 0.490 e. The molecule has 0 fully saturated rings. The molecule has 4 nitrogen and oxygen atoms in total. The third kappa shape index (κ3) is 3.38. The van der Waals surface area contributed by atoms with Gasteiger partial charge in [-0.25, -0.2) is 4.39 Å². The minimum Gasteiger partial charge on any atom is -0.490 e. The van der Waals surface area contributed by atoms with Gasteiger partial charge in [-0.15, -0.1) is 0 Å². The summed E-state index contributed by atoms with van der Waals surface area (Å²) >= 11 is 0. The van der Waals surface area contributed by atoms with Gasteiger partial charge in [0, 0.05) is 6.07 Å². The number of aliphatic hydroxyl groups excluding tert-OH is 1. The van der Waals surface area contributed by atoms with Crippen LogP contribution in [0, 0.1) is 5.82 Å². The maximum atomic E-state index is 13.0. The molecule has 0 amide bonds. The van der Waals surface area contributed by atoms with Crippen molar-refractivity contribution < 1.29 is 19.3 Å². The van der Waals surface area contributed by atoms with E-state index in [4.69, 9.17) is 15.6 Å². The predicted molar refractivity (Wildman–Crippen MR) is 54.0 cm³/mol. The summed E-state index contributed by atoms with van der Waals surface area (Å²) in [5.74, 6) is -0.313. The van der Waals surface area contributed by atoms with Crippen LogP contribution in [0.25, 0.3) is 0 Å². The van der Waals surface area contributed by atoms with Crippen molar-refractivity contribution in [1.82, 2.24) is 0 Å². The van der Waals surface area contributed by atoms with Crippen LogP contribution in [0.15, 0.2) is 18.2 Å². The van der Waals surface area contributed by atoms with Crippen LogP contribution in [0.4, 0.5) is 10.1 Å². The highest BCUT2D eigenvalue weighted by molar-refractivity contribution is 5.43. The Morgan fingerprint density at radius 3 is 2.73 bits per heavy atom. The Morgan fingerprint density at radius 2 is 2.20 bits per heavy atom. The van der Waals surface area contributed by atoms with E-state index in [-0.39, 0.29) is 18.0 Å². The minimum absolute atomic E-state index is 0.0382. The topological polar surface area (TPSA) is 75.7 Å². The summed E-state index contributed by atoms with van der Waals surface area (Å²) in [7, 11) is 0. The molecule has 0 saturated heterocycles. The van der Waals surface area contributed by atoms with Gasteiger partial charge in [-0.1, -0.05) is 0 Å². The first kappa shape index (κ1) is 11.7. The average Bonchev–Trinajstić information content (AvgIpc) is 2.20. The Bertz CT molecular complexity index is 341. The summed E-state index contributed by atoms with van der Waals surface area (Å²) in [5.41, 5.74) is 3.98. The molecule has 1 aromatic rings. The maximum absolute atomic E-state index is 13.0. The lowest BCUT2D eigenvalue weighted by atomic mass is 10.1. The molecule has 0 aliphatic rings. The lowest BCUT2D eigenvalue weighted by molar-refractivity contribution is -0.0325. The molecule has 4 N–H and O–H groups in total. The third-order valence-electron chi connectivity index (χ3n) is 1.86. The number of hydrogen-bond donors (Lipinski definition) is 3. The molecule has 0 aromatic heterocycles. The lowest BCUT2D eigenvalue weighted by Crippen LogP contribution is -2.36. The van der Waals surface area contributed by atoms with E-state index in [0.717, 1.165) is 6.07 Å². The van der Waals surface area contributed by atoms with Crippen molar-refractivity contribution >= 4 is 5.69 Å². The lowest BCUT2D eigenvalue weighted by Gasteiger charge is -2.20. The standard InChI is InChI=1S/C10H14FNO3/c1-10(14,5-13)6-15-7-2-3-9(12)8(11)4-7/h2-4,13-14H,5-6,12H2,1H3. The van der Waals surface area contributed by atoms with E-state index in [0.29, 0.717) is 0 Å². The molecule has 0 bridgehead atoms. The zero-order valence-electron chi connectivity index (χ0n) is 8.40. The van der Waals surface area contributed by atoms with Gasteiger partial charge in [0.25, 0.3) is 0 Å². The van der Waals surface area contributed by atoms with Crippen molar-refractivity contribution in [3.05, 3.63) is 24.0 Å². The fourth-order valence-corrected chi connectivity index (χ4v) is 0.882. The van der Waals surface area contributed by atoms with Crippen LogP contribution in [-0.2, 0) is 0 Å². The van der Waals surface area contributed by atoms with Gasteiger partial charge in [0.1, 0.15) is 23.8 Å². The summed E-state index contributed by atoms with van der Waals surface area (Å²) in [6.45, 7) is 0.873. The van der Waals surface area contributed by atoms with Crippen LogP contribution in [0.2, 0.25) is 0 Å².